The Kier molecular flexibility index (Phi) is 3.54. The Morgan fingerprint density at radius 1 is 1.24 bits per heavy atom. The van der Waals surface area contributed by atoms with Gasteiger partial charge in [-0.3, -0.25) is 0 Å². The van der Waals surface area contributed by atoms with E-state index in [1.54, 1.807) is 6.33 Å². The number of benzene rings is 1. The molecule has 4 heteroatoms. The van der Waals surface area contributed by atoms with Crippen molar-refractivity contribution in [2.75, 3.05) is 11.9 Å². The molecule has 17 heavy (non-hydrogen) atoms. The zero-order valence-corrected chi connectivity index (χ0v) is 10.2. The van der Waals surface area contributed by atoms with Crippen LogP contribution in [0.1, 0.15) is 13.8 Å². The molecule has 0 fully saturated rings. The third-order valence-corrected chi connectivity index (χ3v) is 2.90. The number of para-hydroxylation sites is 1. The molecule has 1 heterocycles. The monoisotopic (exact) mass is 230 g/mol. The molecule has 1 aromatic heterocycles. The second-order valence-electron chi connectivity index (χ2n) is 4.53. The predicted molar refractivity (Wildman–Crippen MR) is 70.8 cm³/mol. The summed E-state index contributed by atoms with van der Waals surface area (Å²) in [7, 11) is 0. The van der Waals surface area contributed by atoms with Crippen molar-refractivity contribution < 1.29 is 0 Å². The molecule has 1 atom stereocenters. The van der Waals surface area contributed by atoms with Gasteiger partial charge in [0.1, 0.15) is 12.1 Å². The summed E-state index contributed by atoms with van der Waals surface area (Å²) in [4.78, 5) is 8.48. The first kappa shape index (κ1) is 11.8. The van der Waals surface area contributed by atoms with Crippen molar-refractivity contribution in [3.8, 4) is 0 Å². The maximum atomic E-state index is 6.00. The second-order valence-corrected chi connectivity index (χ2v) is 4.53. The number of rotatable bonds is 4. The van der Waals surface area contributed by atoms with Crippen molar-refractivity contribution in [1.29, 1.82) is 0 Å². The van der Waals surface area contributed by atoms with E-state index in [4.69, 9.17) is 5.73 Å². The highest BCUT2D eigenvalue weighted by molar-refractivity contribution is 5.88. The van der Waals surface area contributed by atoms with E-state index in [2.05, 4.69) is 29.1 Å². The molecular formula is C13H18N4. The van der Waals surface area contributed by atoms with E-state index >= 15 is 0 Å². The average molecular weight is 230 g/mol. The van der Waals surface area contributed by atoms with Crippen LogP contribution < -0.4 is 11.1 Å². The zero-order valence-electron chi connectivity index (χ0n) is 10.2. The molecule has 0 aliphatic carbocycles. The summed E-state index contributed by atoms with van der Waals surface area (Å²) >= 11 is 0. The molecule has 2 rings (SSSR count). The van der Waals surface area contributed by atoms with E-state index in [0.29, 0.717) is 5.92 Å². The van der Waals surface area contributed by atoms with Crippen LogP contribution in [0.3, 0.4) is 0 Å². The van der Waals surface area contributed by atoms with Gasteiger partial charge < -0.3 is 11.1 Å². The molecule has 4 nitrogen and oxygen atoms in total. The van der Waals surface area contributed by atoms with Crippen LogP contribution in [0.25, 0.3) is 10.9 Å². The van der Waals surface area contributed by atoms with Gasteiger partial charge in [0.15, 0.2) is 0 Å². The van der Waals surface area contributed by atoms with Crippen LogP contribution in [-0.4, -0.2) is 22.6 Å². The van der Waals surface area contributed by atoms with Crippen molar-refractivity contribution >= 4 is 16.7 Å². The smallest absolute Gasteiger partial charge is 0.137 e. The summed E-state index contributed by atoms with van der Waals surface area (Å²) in [6, 6.07) is 8.07. The van der Waals surface area contributed by atoms with Crippen molar-refractivity contribution in [1.82, 2.24) is 9.97 Å². The number of nitrogens with one attached hydrogen (secondary N) is 1. The molecule has 0 saturated heterocycles. The second kappa shape index (κ2) is 5.10. The number of nitrogens with two attached hydrogens (primary N) is 1. The normalized spacial score (nSPS) is 12.9. The lowest BCUT2D eigenvalue weighted by Gasteiger charge is -2.17. The van der Waals surface area contributed by atoms with Gasteiger partial charge in [0, 0.05) is 18.0 Å². The van der Waals surface area contributed by atoms with Gasteiger partial charge in [0.25, 0.3) is 0 Å². The molecule has 0 amide bonds. The van der Waals surface area contributed by atoms with E-state index < -0.39 is 0 Å². The fourth-order valence-corrected chi connectivity index (χ4v) is 1.60. The van der Waals surface area contributed by atoms with Gasteiger partial charge >= 0.3 is 0 Å². The summed E-state index contributed by atoms with van der Waals surface area (Å²) in [5.74, 6) is 1.31. The highest BCUT2D eigenvalue weighted by Gasteiger charge is 2.08. The van der Waals surface area contributed by atoms with Gasteiger partial charge in [-0.15, -0.1) is 0 Å². The lowest BCUT2D eigenvalue weighted by atomic mass is 10.1. The summed E-state index contributed by atoms with van der Waals surface area (Å²) in [6.45, 7) is 4.95. The number of hydrogen-bond acceptors (Lipinski definition) is 4. The standard InChI is InChI=1S/C13H18N4/c1-9(2)11(14)7-15-13-10-5-3-4-6-12(10)16-8-17-13/h3-6,8-9,11H,7,14H2,1-2H3,(H,15,16,17). The molecule has 0 saturated carbocycles. The fourth-order valence-electron chi connectivity index (χ4n) is 1.60. The van der Waals surface area contributed by atoms with E-state index in [0.717, 1.165) is 23.3 Å². The average Bonchev–Trinajstić information content (AvgIpc) is 2.35. The van der Waals surface area contributed by atoms with Crippen LogP contribution in [-0.2, 0) is 0 Å². The topological polar surface area (TPSA) is 63.8 Å². The van der Waals surface area contributed by atoms with Crippen LogP contribution in [0.5, 0.6) is 0 Å². The number of aromatic nitrogens is 2. The fraction of sp³-hybridized carbons (Fsp3) is 0.385. The number of nitrogens with zero attached hydrogens (tertiary/aromatic N) is 2. The van der Waals surface area contributed by atoms with Gasteiger partial charge in [-0.25, -0.2) is 9.97 Å². The Hall–Kier alpha value is -1.68. The first-order valence-corrected chi connectivity index (χ1v) is 5.87. The van der Waals surface area contributed by atoms with Crippen LogP contribution in [0.15, 0.2) is 30.6 Å². The maximum absolute atomic E-state index is 6.00. The maximum Gasteiger partial charge on any atom is 0.137 e. The first-order chi connectivity index (χ1) is 8.18. The third kappa shape index (κ3) is 2.71. The van der Waals surface area contributed by atoms with E-state index in [1.165, 1.54) is 0 Å². The van der Waals surface area contributed by atoms with Crippen molar-refractivity contribution in [2.45, 2.75) is 19.9 Å². The molecule has 90 valence electrons. The molecule has 2 aromatic rings. The number of fused-ring (bicyclic) bond motifs is 1. The van der Waals surface area contributed by atoms with Crippen LogP contribution in [0.2, 0.25) is 0 Å². The number of anilines is 1. The Labute approximate surface area is 101 Å². The van der Waals surface area contributed by atoms with Gasteiger partial charge in [0.05, 0.1) is 5.52 Å². The lowest BCUT2D eigenvalue weighted by Crippen LogP contribution is -2.34. The Morgan fingerprint density at radius 3 is 2.76 bits per heavy atom. The summed E-state index contributed by atoms with van der Waals surface area (Å²) < 4.78 is 0. The Bertz CT molecular complexity index is 490. The van der Waals surface area contributed by atoms with Crippen LogP contribution in [0.4, 0.5) is 5.82 Å². The number of hydrogen-bond donors (Lipinski definition) is 2. The van der Waals surface area contributed by atoms with E-state index in [-0.39, 0.29) is 6.04 Å². The highest BCUT2D eigenvalue weighted by atomic mass is 15.0. The molecule has 0 aliphatic heterocycles. The van der Waals surface area contributed by atoms with Crippen molar-refractivity contribution in [3.63, 3.8) is 0 Å². The third-order valence-electron chi connectivity index (χ3n) is 2.90. The van der Waals surface area contributed by atoms with Crippen LogP contribution >= 0.6 is 0 Å². The van der Waals surface area contributed by atoms with E-state index in [1.807, 2.05) is 24.3 Å². The molecule has 1 unspecified atom stereocenters. The molecule has 0 radical (unpaired) electrons. The van der Waals surface area contributed by atoms with Gasteiger partial charge in [-0.2, -0.15) is 0 Å². The molecule has 1 aromatic carbocycles. The molecular weight excluding hydrogens is 212 g/mol. The Morgan fingerprint density at radius 2 is 2.00 bits per heavy atom. The highest BCUT2D eigenvalue weighted by Crippen LogP contribution is 2.18. The molecule has 3 N–H and O–H groups in total. The van der Waals surface area contributed by atoms with E-state index in [9.17, 15) is 0 Å². The van der Waals surface area contributed by atoms with Crippen LogP contribution in [0, 0.1) is 5.92 Å². The first-order valence-electron chi connectivity index (χ1n) is 5.87. The lowest BCUT2D eigenvalue weighted by molar-refractivity contribution is 0.511. The predicted octanol–water partition coefficient (Wildman–Crippen LogP) is 2.02. The zero-order chi connectivity index (χ0) is 12.3. The summed E-state index contributed by atoms with van der Waals surface area (Å²) in [5.41, 5.74) is 6.95. The summed E-state index contributed by atoms with van der Waals surface area (Å²) in [6.07, 6.45) is 1.57. The largest absolute Gasteiger partial charge is 0.368 e. The van der Waals surface area contributed by atoms with Gasteiger partial charge in [-0.1, -0.05) is 26.0 Å². The minimum atomic E-state index is 0.128. The summed E-state index contributed by atoms with van der Waals surface area (Å²) in [5, 5.41) is 4.33. The SMILES string of the molecule is CC(C)C(N)CNc1ncnc2ccccc12. The quantitative estimate of drug-likeness (QED) is 0.843. The van der Waals surface area contributed by atoms with Gasteiger partial charge in [0.2, 0.25) is 0 Å². The molecule has 0 bridgehead atoms. The van der Waals surface area contributed by atoms with Crippen molar-refractivity contribution in [3.05, 3.63) is 30.6 Å². The Balaban J connectivity index is 2.19. The van der Waals surface area contributed by atoms with Gasteiger partial charge in [-0.05, 0) is 18.1 Å². The van der Waals surface area contributed by atoms with Crippen molar-refractivity contribution in [2.24, 2.45) is 11.7 Å². The molecule has 0 aliphatic rings. The minimum Gasteiger partial charge on any atom is -0.368 e. The minimum absolute atomic E-state index is 0.128. The molecule has 0 spiro atoms.